The van der Waals surface area contributed by atoms with Crippen molar-refractivity contribution in [1.29, 1.82) is 0 Å². The minimum absolute atomic E-state index is 0.143. The van der Waals surface area contributed by atoms with Crippen molar-refractivity contribution in [2.45, 2.75) is 13.0 Å². The Labute approximate surface area is 164 Å². The van der Waals surface area contributed by atoms with Crippen LogP contribution in [0.3, 0.4) is 0 Å². The third-order valence-corrected chi connectivity index (χ3v) is 4.68. The Morgan fingerprint density at radius 1 is 1.00 bits per heavy atom. The molecule has 1 unspecified atom stereocenters. The summed E-state index contributed by atoms with van der Waals surface area (Å²) in [4.78, 5) is 26.7. The Morgan fingerprint density at radius 2 is 1.72 bits per heavy atom. The van der Waals surface area contributed by atoms with E-state index in [2.05, 4.69) is 0 Å². The number of hydrogen-bond donors (Lipinski definition) is 1. The molecule has 1 aromatic heterocycles. The fourth-order valence-electron chi connectivity index (χ4n) is 3.36. The first-order valence-electron chi connectivity index (χ1n) is 8.75. The highest BCUT2D eigenvalue weighted by Gasteiger charge is 2.48. The van der Waals surface area contributed by atoms with E-state index in [1.165, 1.54) is 30.3 Å². The Balaban J connectivity index is 1.94. The summed E-state index contributed by atoms with van der Waals surface area (Å²) in [5.74, 6) is -2.69. The number of benzene rings is 2. The van der Waals surface area contributed by atoms with E-state index < -0.39 is 35.1 Å². The summed E-state index contributed by atoms with van der Waals surface area (Å²) in [5.41, 5.74) is 0.0847. The molecule has 1 atom stereocenters. The maximum atomic E-state index is 13.8. The summed E-state index contributed by atoms with van der Waals surface area (Å²) >= 11 is 0. The van der Waals surface area contributed by atoms with Crippen molar-refractivity contribution in [2.24, 2.45) is 0 Å². The van der Waals surface area contributed by atoms with Crippen LogP contribution in [0.25, 0.3) is 5.76 Å². The van der Waals surface area contributed by atoms with E-state index in [1.807, 2.05) is 0 Å². The van der Waals surface area contributed by atoms with Crippen LogP contribution < -0.4 is 4.90 Å². The lowest BCUT2D eigenvalue weighted by Crippen LogP contribution is -2.29. The molecule has 5 nitrogen and oxygen atoms in total. The second-order valence-corrected chi connectivity index (χ2v) is 6.60. The van der Waals surface area contributed by atoms with Crippen molar-refractivity contribution < 1.29 is 27.9 Å². The van der Waals surface area contributed by atoms with Crippen molar-refractivity contribution in [3.8, 4) is 0 Å². The predicted octanol–water partition coefficient (Wildman–Crippen LogP) is 4.49. The highest BCUT2D eigenvalue weighted by Crippen LogP contribution is 2.42. The number of nitrogens with zero attached hydrogens (tertiary/aromatic N) is 1. The third-order valence-electron chi connectivity index (χ3n) is 4.68. The van der Waals surface area contributed by atoms with E-state index in [0.29, 0.717) is 5.76 Å². The van der Waals surface area contributed by atoms with Gasteiger partial charge in [0.25, 0.3) is 11.7 Å². The Kier molecular flexibility index (Phi) is 4.50. The van der Waals surface area contributed by atoms with Crippen LogP contribution in [-0.4, -0.2) is 16.8 Å². The first kappa shape index (κ1) is 18.6. The molecule has 1 fully saturated rings. The van der Waals surface area contributed by atoms with Crippen molar-refractivity contribution in [1.82, 2.24) is 0 Å². The van der Waals surface area contributed by atoms with E-state index in [1.54, 1.807) is 19.1 Å². The Bertz CT molecular complexity index is 1150. The average Bonchev–Trinajstić information content (AvgIpc) is 3.23. The maximum Gasteiger partial charge on any atom is 0.300 e. The zero-order valence-corrected chi connectivity index (χ0v) is 15.2. The molecule has 1 aliphatic rings. The van der Waals surface area contributed by atoms with Crippen molar-refractivity contribution in [3.05, 3.63) is 95.0 Å². The van der Waals surface area contributed by atoms with Gasteiger partial charge in [0.1, 0.15) is 35.0 Å². The van der Waals surface area contributed by atoms with Gasteiger partial charge in [0.05, 0.1) is 5.57 Å². The molecular weight excluding hydrogens is 380 g/mol. The number of rotatable bonds is 3. The average molecular weight is 395 g/mol. The first-order chi connectivity index (χ1) is 13.9. The molecular formula is C22H15F2NO4. The zero-order valence-electron chi connectivity index (χ0n) is 15.2. The second kappa shape index (κ2) is 7.01. The standard InChI is InChI=1S/C22H15F2NO4/c1-12-5-10-17(29-12)19-18(20(26)13-6-8-14(23)9-7-13)21(27)22(28)25(19)16-4-2-3-15(24)11-16/h2-11,19,26H,1H3/b20-18-. The van der Waals surface area contributed by atoms with Crippen LogP contribution in [0, 0.1) is 18.6 Å². The number of hydrogen-bond acceptors (Lipinski definition) is 4. The minimum atomic E-state index is -1.10. The summed E-state index contributed by atoms with van der Waals surface area (Å²) in [6, 6.07) is 12.2. The number of aliphatic hydroxyl groups is 1. The molecule has 1 amide bonds. The number of furan rings is 1. The van der Waals surface area contributed by atoms with E-state index in [9.17, 15) is 23.5 Å². The lowest BCUT2D eigenvalue weighted by atomic mass is 9.99. The minimum Gasteiger partial charge on any atom is -0.507 e. The monoisotopic (exact) mass is 395 g/mol. The number of halogens is 2. The van der Waals surface area contributed by atoms with Gasteiger partial charge < -0.3 is 9.52 Å². The molecule has 0 bridgehead atoms. The van der Waals surface area contributed by atoms with Gasteiger partial charge in [0.15, 0.2) is 0 Å². The van der Waals surface area contributed by atoms with Gasteiger partial charge in [-0.2, -0.15) is 0 Å². The fourth-order valence-corrected chi connectivity index (χ4v) is 3.36. The van der Waals surface area contributed by atoms with E-state index >= 15 is 0 Å². The summed E-state index contributed by atoms with van der Waals surface area (Å²) in [7, 11) is 0. The SMILES string of the molecule is Cc1ccc(C2/C(=C(/O)c3ccc(F)cc3)C(=O)C(=O)N2c2cccc(F)c2)o1. The molecule has 0 aliphatic carbocycles. The molecule has 1 N–H and O–H groups in total. The number of carbonyl (C=O) groups is 2. The number of Topliss-reactive ketones (excluding diaryl/α,β-unsaturated/α-hetero) is 1. The summed E-state index contributed by atoms with van der Waals surface area (Å²) < 4.78 is 32.7. The lowest BCUT2D eigenvalue weighted by Gasteiger charge is -2.23. The van der Waals surface area contributed by atoms with Gasteiger partial charge in [-0.05, 0) is 61.5 Å². The van der Waals surface area contributed by atoms with Gasteiger partial charge in [-0.15, -0.1) is 0 Å². The van der Waals surface area contributed by atoms with Crippen molar-refractivity contribution in [3.63, 3.8) is 0 Å². The molecule has 4 rings (SSSR count). The normalized spacial score (nSPS) is 18.4. The van der Waals surface area contributed by atoms with Crippen molar-refractivity contribution >= 4 is 23.1 Å². The highest BCUT2D eigenvalue weighted by atomic mass is 19.1. The quantitative estimate of drug-likeness (QED) is 0.403. The molecule has 3 aromatic rings. The smallest absolute Gasteiger partial charge is 0.300 e. The fraction of sp³-hybridized carbons (Fsp3) is 0.0909. The van der Waals surface area contributed by atoms with Gasteiger partial charge in [0.2, 0.25) is 0 Å². The van der Waals surface area contributed by atoms with Crippen molar-refractivity contribution in [2.75, 3.05) is 4.90 Å². The highest BCUT2D eigenvalue weighted by molar-refractivity contribution is 6.51. The van der Waals surface area contributed by atoms with Gasteiger partial charge >= 0.3 is 0 Å². The van der Waals surface area contributed by atoms with E-state index in [0.717, 1.165) is 23.1 Å². The second-order valence-electron chi connectivity index (χ2n) is 6.60. The molecule has 29 heavy (non-hydrogen) atoms. The Morgan fingerprint density at radius 3 is 2.34 bits per heavy atom. The van der Waals surface area contributed by atoms with Gasteiger partial charge in [-0.1, -0.05) is 6.07 Å². The molecule has 2 heterocycles. The summed E-state index contributed by atoms with van der Waals surface area (Å²) in [5, 5.41) is 10.8. The van der Waals surface area contributed by atoms with Gasteiger partial charge in [0, 0.05) is 11.3 Å². The van der Waals surface area contributed by atoms with Crippen LogP contribution in [0.4, 0.5) is 14.5 Å². The Hall–Kier alpha value is -3.74. The van der Waals surface area contributed by atoms with Crippen LogP contribution in [0.1, 0.15) is 23.1 Å². The summed E-state index contributed by atoms with van der Waals surface area (Å²) in [6.45, 7) is 1.69. The molecule has 0 radical (unpaired) electrons. The van der Waals surface area contributed by atoms with E-state index in [4.69, 9.17) is 4.42 Å². The molecule has 2 aromatic carbocycles. The largest absolute Gasteiger partial charge is 0.507 e. The van der Waals surface area contributed by atoms with Crippen LogP contribution in [-0.2, 0) is 9.59 Å². The van der Waals surface area contributed by atoms with Crippen LogP contribution >= 0.6 is 0 Å². The summed E-state index contributed by atoms with van der Waals surface area (Å²) in [6.07, 6.45) is 0. The molecule has 1 aliphatic heterocycles. The molecule has 0 spiro atoms. The van der Waals surface area contributed by atoms with Crippen LogP contribution in [0.2, 0.25) is 0 Å². The lowest BCUT2D eigenvalue weighted by molar-refractivity contribution is -0.132. The third kappa shape index (κ3) is 3.20. The molecule has 7 heteroatoms. The van der Waals surface area contributed by atoms with Gasteiger partial charge in [-0.3, -0.25) is 14.5 Å². The van der Waals surface area contributed by atoms with Crippen LogP contribution in [0.5, 0.6) is 0 Å². The number of carbonyl (C=O) groups excluding carboxylic acids is 2. The van der Waals surface area contributed by atoms with Gasteiger partial charge in [-0.25, -0.2) is 8.78 Å². The molecule has 0 saturated carbocycles. The number of amides is 1. The number of anilines is 1. The first-order valence-corrected chi connectivity index (χ1v) is 8.75. The number of aliphatic hydroxyl groups excluding tert-OH is 1. The number of aryl methyl sites for hydroxylation is 1. The zero-order chi connectivity index (χ0) is 20.7. The molecule has 146 valence electrons. The van der Waals surface area contributed by atoms with E-state index in [-0.39, 0.29) is 22.6 Å². The maximum absolute atomic E-state index is 13.8. The molecule has 1 saturated heterocycles. The van der Waals surface area contributed by atoms with Crippen LogP contribution in [0.15, 0.2) is 70.7 Å². The predicted molar refractivity (Wildman–Crippen MR) is 101 cm³/mol. The number of ketones is 1. The topological polar surface area (TPSA) is 70.8 Å².